The first-order valence-corrected chi connectivity index (χ1v) is 12.6. The third-order valence-electron chi connectivity index (χ3n) is 5.70. The van der Waals surface area contributed by atoms with E-state index in [9.17, 15) is 21.6 Å². The molecule has 3 aromatic heterocycles. The molecule has 0 amide bonds. The quantitative estimate of drug-likeness (QED) is 0.299. The van der Waals surface area contributed by atoms with Crippen molar-refractivity contribution < 1.29 is 21.6 Å². The van der Waals surface area contributed by atoms with Gasteiger partial charge in [-0.1, -0.05) is 48.0 Å². The third-order valence-corrected chi connectivity index (χ3v) is 7.51. The Morgan fingerprint density at radius 2 is 1.59 bits per heavy atom. The molecule has 7 nitrogen and oxygen atoms in total. The fraction of sp³-hybridized carbons (Fsp3) is 0.115. The highest BCUT2D eigenvalue weighted by Crippen LogP contribution is 2.34. The second-order valence-corrected chi connectivity index (χ2v) is 10.2. The largest absolute Gasteiger partial charge is 0.433 e. The number of hydrogen-bond donors (Lipinski definition) is 1. The van der Waals surface area contributed by atoms with E-state index in [1.807, 2.05) is 13.0 Å². The van der Waals surface area contributed by atoms with E-state index in [4.69, 9.17) is 0 Å². The van der Waals surface area contributed by atoms with E-state index in [0.717, 1.165) is 21.8 Å². The second kappa shape index (κ2) is 9.00. The number of pyridine rings is 1. The zero-order valence-corrected chi connectivity index (χ0v) is 20.5. The summed E-state index contributed by atoms with van der Waals surface area (Å²) < 4.78 is 68.1. The van der Waals surface area contributed by atoms with Crippen molar-refractivity contribution in [1.82, 2.24) is 18.9 Å². The Labute approximate surface area is 210 Å². The molecule has 11 heteroatoms. The standard InChI is InChI=1S/C26H20F3N5O2S/c1-16-8-10-20(11-9-16)37(35,36)34-17(2)14-21-24(31-19-12-13-30-22(15-19)26(27,28)29)32-23(33-25(21)34)18-6-4-3-5-7-18/h3-15H,1-2H3,(H,30,31,32,33). The van der Waals surface area contributed by atoms with E-state index in [-0.39, 0.29) is 27.9 Å². The van der Waals surface area contributed by atoms with E-state index >= 15 is 0 Å². The highest BCUT2D eigenvalue weighted by atomic mass is 32.2. The van der Waals surface area contributed by atoms with Crippen molar-refractivity contribution in [3.8, 4) is 11.4 Å². The molecule has 1 N–H and O–H groups in total. The Kier molecular flexibility index (Phi) is 5.95. The molecule has 2 aromatic carbocycles. The van der Waals surface area contributed by atoms with Gasteiger partial charge in [-0.3, -0.25) is 4.98 Å². The summed E-state index contributed by atoms with van der Waals surface area (Å²) in [6.45, 7) is 3.47. The number of halogens is 3. The van der Waals surface area contributed by atoms with Gasteiger partial charge in [-0.2, -0.15) is 13.2 Å². The topological polar surface area (TPSA) is 89.8 Å². The number of rotatable bonds is 5. The number of nitrogens with zero attached hydrogens (tertiary/aromatic N) is 4. The molecule has 37 heavy (non-hydrogen) atoms. The van der Waals surface area contributed by atoms with Crippen LogP contribution in [-0.4, -0.2) is 27.3 Å². The summed E-state index contributed by atoms with van der Waals surface area (Å²) in [6, 6.07) is 19.1. The molecule has 0 atom stereocenters. The lowest BCUT2D eigenvalue weighted by molar-refractivity contribution is -0.141. The first-order valence-electron chi connectivity index (χ1n) is 11.1. The van der Waals surface area contributed by atoms with Crippen LogP contribution >= 0.6 is 0 Å². The minimum atomic E-state index is -4.63. The molecule has 0 unspecified atom stereocenters. The van der Waals surface area contributed by atoms with Gasteiger partial charge in [0.2, 0.25) is 0 Å². The van der Waals surface area contributed by atoms with Crippen molar-refractivity contribution in [3.63, 3.8) is 0 Å². The van der Waals surface area contributed by atoms with Gasteiger partial charge in [0.05, 0.1) is 10.3 Å². The Hall–Kier alpha value is -4.25. The number of fused-ring (bicyclic) bond motifs is 1. The Bertz CT molecular complexity index is 1720. The van der Waals surface area contributed by atoms with Crippen LogP contribution in [0.3, 0.4) is 0 Å². The smallest absolute Gasteiger partial charge is 0.339 e. The maximum Gasteiger partial charge on any atom is 0.433 e. The molecule has 0 bridgehead atoms. The summed E-state index contributed by atoms with van der Waals surface area (Å²) in [5.74, 6) is 0.364. The molecule has 0 saturated carbocycles. The number of aromatic nitrogens is 4. The molecule has 0 aliphatic rings. The SMILES string of the molecule is Cc1ccc(S(=O)(=O)n2c(C)cc3c(Nc4ccnc(C(F)(F)F)c4)nc(-c4ccccc4)nc32)cc1. The van der Waals surface area contributed by atoms with Gasteiger partial charge < -0.3 is 5.32 Å². The van der Waals surface area contributed by atoms with Crippen LogP contribution in [0, 0.1) is 13.8 Å². The average molecular weight is 524 g/mol. The Morgan fingerprint density at radius 3 is 2.27 bits per heavy atom. The van der Waals surface area contributed by atoms with Crippen LogP contribution in [-0.2, 0) is 16.2 Å². The van der Waals surface area contributed by atoms with Gasteiger partial charge in [0.25, 0.3) is 10.0 Å². The summed E-state index contributed by atoms with van der Waals surface area (Å²) in [6.07, 6.45) is -3.59. The summed E-state index contributed by atoms with van der Waals surface area (Å²) in [5.41, 5.74) is 0.998. The Morgan fingerprint density at radius 1 is 0.892 bits per heavy atom. The minimum absolute atomic E-state index is 0.0806. The highest BCUT2D eigenvalue weighted by molar-refractivity contribution is 7.90. The molecule has 0 aliphatic carbocycles. The van der Waals surface area contributed by atoms with Crippen molar-refractivity contribution in [2.24, 2.45) is 0 Å². The maximum absolute atomic E-state index is 13.7. The van der Waals surface area contributed by atoms with Crippen LogP contribution in [0.2, 0.25) is 0 Å². The predicted octanol–water partition coefficient (Wildman–Crippen LogP) is 6.11. The van der Waals surface area contributed by atoms with Gasteiger partial charge in [-0.05, 0) is 44.2 Å². The van der Waals surface area contributed by atoms with E-state index in [0.29, 0.717) is 16.6 Å². The lowest BCUT2D eigenvalue weighted by Gasteiger charge is -2.13. The summed E-state index contributed by atoms with van der Waals surface area (Å²) in [5, 5.41) is 3.24. The number of nitrogens with one attached hydrogen (secondary N) is 1. The third kappa shape index (κ3) is 4.65. The van der Waals surface area contributed by atoms with E-state index < -0.39 is 21.9 Å². The van der Waals surface area contributed by atoms with Crippen molar-refractivity contribution in [2.75, 3.05) is 5.32 Å². The predicted molar refractivity (Wildman–Crippen MR) is 134 cm³/mol. The number of alkyl halides is 3. The molecule has 0 radical (unpaired) electrons. The number of hydrogen-bond acceptors (Lipinski definition) is 6. The second-order valence-electron chi connectivity index (χ2n) is 8.42. The molecule has 5 aromatic rings. The van der Waals surface area contributed by atoms with Crippen LogP contribution in [0.4, 0.5) is 24.7 Å². The highest BCUT2D eigenvalue weighted by Gasteiger charge is 2.32. The van der Waals surface area contributed by atoms with Crippen molar-refractivity contribution in [1.29, 1.82) is 0 Å². The van der Waals surface area contributed by atoms with Crippen molar-refractivity contribution in [2.45, 2.75) is 24.9 Å². The van der Waals surface area contributed by atoms with Gasteiger partial charge in [-0.15, -0.1) is 0 Å². The van der Waals surface area contributed by atoms with Crippen LogP contribution in [0.5, 0.6) is 0 Å². The molecule has 0 saturated heterocycles. The number of benzene rings is 2. The molecule has 3 heterocycles. The van der Waals surface area contributed by atoms with Gasteiger partial charge in [0.15, 0.2) is 11.5 Å². The van der Waals surface area contributed by atoms with E-state index in [1.165, 1.54) is 18.2 Å². The zero-order valence-electron chi connectivity index (χ0n) is 19.7. The molecular weight excluding hydrogens is 503 g/mol. The first-order chi connectivity index (χ1) is 17.5. The lowest BCUT2D eigenvalue weighted by Crippen LogP contribution is -2.15. The van der Waals surface area contributed by atoms with Crippen molar-refractivity contribution in [3.05, 3.63) is 95.9 Å². The fourth-order valence-corrected chi connectivity index (χ4v) is 5.40. The van der Waals surface area contributed by atoms with Gasteiger partial charge in [-0.25, -0.2) is 22.4 Å². The fourth-order valence-electron chi connectivity index (χ4n) is 3.91. The molecule has 0 fully saturated rings. The van der Waals surface area contributed by atoms with E-state index in [1.54, 1.807) is 49.4 Å². The summed E-state index contributed by atoms with van der Waals surface area (Å²) >= 11 is 0. The van der Waals surface area contributed by atoms with Gasteiger partial charge >= 0.3 is 6.18 Å². The van der Waals surface area contributed by atoms with E-state index in [2.05, 4.69) is 20.3 Å². The maximum atomic E-state index is 13.7. The molecule has 188 valence electrons. The Balaban J connectivity index is 1.73. The molecular formula is C26H20F3N5O2S. The lowest BCUT2D eigenvalue weighted by atomic mass is 10.2. The van der Waals surface area contributed by atoms with Gasteiger partial charge in [0.1, 0.15) is 11.5 Å². The van der Waals surface area contributed by atoms with Crippen LogP contribution in [0.1, 0.15) is 17.0 Å². The first kappa shape index (κ1) is 24.4. The van der Waals surface area contributed by atoms with Crippen LogP contribution in [0.15, 0.2) is 83.9 Å². The van der Waals surface area contributed by atoms with Crippen LogP contribution < -0.4 is 5.32 Å². The van der Waals surface area contributed by atoms with Crippen molar-refractivity contribution >= 4 is 32.6 Å². The summed E-state index contributed by atoms with van der Waals surface area (Å²) in [4.78, 5) is 12.6. The number of anilines is 2. The van der Waals surface area contributed by atoms with Crippen LogP contribution in [0.25, 0.3) is 22.4 Å². The zero-order chi connectivity index (χ0) is 26.4. The van der Waals surface area contributed by atoms with Gasteiger partial charge in [0, 0.05) is 23.1 Å². The monoisotopic (exact) mass is 523 g/mol. The normalized spacial score (nSPS) is 12.1. The number of aryl methyl sites for hydroxylation is 2. The average Bonchev–Trinajstić information content (AvgIpc) is 3.21. The minimum Gasteiger partial charge on any atom is -0.339 e. The molecule has 0 spiro atoms. The molecule has 0 aliphatic heterocycles. The molecule has 5 rings (SSSR count). The summed E-state index contributed by atoms with van der Waals surface area (Å²) in [7, 11) is -4.04.